The van der Waals surface area contributed by atoms with Crippen molar-refractivity contribution in [2.45, 2.75) is 6.92 Å². The van der Waals surface area contributed by atoms with Gasteiger partial charge >= 0.3 is 0 Å². The van der Waals surface area contributed by atoms with Crippen LogP contribution < -0.4 is 11.0 Å². The molecule has 0 aromatic carbocycles. The molecule has 10 heavy (non-hydrogen) atoms. The van der Waals surface area contributed by atoms with Gasteiger partial charge in [0.15, 0.2) is 5.70 Å². The van der Waals surface area contributed by atoms with Gasteiger partial charge < -0.3 is 5.11 Å². The average Bonchev–Trinajstić information content (AvgIpc) is 2.11. The van der Waals surface area contributed by atoms with Crippen LogP contribution in [0.25, 0.3) is 0 Å². The van der Waals surface area contributed by atoms with Crippen molar-refractivity contribution >= 4 is 5.91 Å². The molecule has 0 unspecified atom stereocenters. The van der Waals surface area contributed by atoms with E-state index in [2.05, 4.69) is 11.0 Å². The van der Waals surface area contributed by atoms with Gasteiger partial charge in [-0.3, -0.25) is 15.2 Å². The van der Waals surface area contributed by atoms with Crippen LogP contribution in [-0.2, 0) is 4.79 Å². The summed E-state index contributed by atoms with van der Waals surface area (Å²) in [5.41, 5.74) is 5.09. The van der Waals surface area contributed by atoms with Crippen molar-refractivity contribution in [1.82, 2.24) is 16.0 Å². The van der Waals surface area contributed by atoms with Crippen LogP contribution in [-0.4, -0.2) is 23.1 Å². The zero-order chi connectivity index (χ0) is 7.72. The van der Waals surface area contributed by atoms with Gasteiger partial charge in [0.1, 0.15) is 5.76 Å². The van der Waals surface area contributed by atoms with Crippen LogP contribution in [0.1, 0.15) is 6.92 Å². The highest BCUT2D eigenvalue weighted by molar-refractivity contribution is 5.94. The zero-order valence-electron chi connectivity index (χ0n) is 5.80. The van der Waals surface area contributed by atoms with E-state index in [0.29, 0.717) is 0 Å². The lowest BCUT2D eigenvalue weighted by Gasteiger charge is -2.08. The molecule has 0 spiro atoms. The maximum Gasteiger partial charge on any atom is 0.287 e. The second-order valence-electron chi connectivity index (χ2n) is 2.06. The number of hydrogen-bond donors (Lipinski definition) is 3. The fraction of sp³-hybridized carbons (Fsp3) is 0.400. The lowest BCUT2D eigenvalue weighted by atomic mass is 10.3. The molecule has 0 aliphatic carbocycles. The SMILES string of the molecule is CC(O)=C1C(=O)NNN1C. The Kier molecular flexibility index (Phi) is 1.50. The summed E-state index contributed by atoms with van der Waals surface area (Å²) in [4.78, 5) is 10.8. The van der Waals surface area contributed by atoms with E-state index in [1.807, 2.05) is 0 Å². The Morgan fingerprint density at radius 1 is 1.70 bits per heavy atom. The number of rotatable bonds is 0. The van der Waals surface area contributed by atoms with Crippen LogP contribution >= 0.6 is 0 Å². The van der Waals surface area contributed by atoms with E-state index in [1.165, 1.54) is 11.9 Å². The van der Waals surface area contributed by atoms with Gasteiger partial charge in [0.25, 0.3) is 5.91 Å². The van der Waals surface area contributed by atoms with Gasteiger partial charge in [-0.2, -0.15) is 0 Å². The number of hydrazine groups is 2. The molecule has 5 nitrogen and oxygen atoms in total. The molecule has 0 radical (unpaired) electrons. The fourth-order valence-electron chi connectivity index (χ4n) is 0.809. The van der Waals surface area contributed by atoms with Crippen LogP contribution in [0.2, 0.25) is 0 Å². The summed E-state index contributed by atoms with van der Waals surface area (Å²) in [5, 5.41) is 10.3. The highest BCUT2D eigenvalue weighted by Crippen LogP contribution is 2.06. The molecule has 1 aliphatic heterocycles. The maximum atomic E-state index is 10.8. The minimum atomic E-state index is -0.317. The van der Waals surface area contributed by atoms with Gasteiger partial charge in [-0.25, -0.2) is 0 Å². The molecule has 1 heterocycles. The van der Waals surface area contributed by atoms with E-state index in [4.69, 9.17) is 5.11 Å². The molecule has 0 atom stereocenters. The summed E-state index contributed by atoms with van der Waals surface area (Å²) in [6.07, 6.45) is 0. The van der Waals surface area contributed by atoms with Gasteiger partial charge in [0.2, 0.25) is 0 Å². The van der Waals surface area contributed by atoms with E-state index in [0.717, 1.165) is 0 Å². The average molecular weight is 143 g/mol. The van der Waals surface area contributed by atoms with E-state index in [9.17, 15) is 4.79 Å². The van der Waals surface area contributed by atoms with Crippen LogP contribution in [0.5, 0.6) is 0 Å². The molecule has 1 aliphatic rings. The quantitative estimate of drug-likeness (QED) is 0.308. The smallest absolute Gasteiger partial charge is 0.287 e. The highest BCUT2D eigenvalue weighted by Gasteiger charge is 2.23. The second-order valence-corrected chi connectivity index (χ2v) is 2.06. The van der Waals surface area contributed by atoms with Crippen molar-refractivity contribution < 1.29 is 9.90 Å². The minimum absolute atomic E-state index is 0.00463. The van der Waals surface area contributed by atoms with Crippen LogP contribution in [0, 0.1) is 0 Å². The maximum absolute atomic E-state index is 10.8. The minimum Gasteiger partial charge on any atom is -0.510 e. The lowest BCUT2D eigenvalue weighted by molar-refractivity contribution is -0.116. The van der Waals surface area contributed by atoms with Gasteiger partial charge in [-0.15, -0.1) is 5.53 Å². The first kappa shape index (κ1) is 6.88. The number of allylic oxidation sites excluding steroid dienone is 1. The van der Waals surface area contributed by atoms with Crippen LogP contribution in [0.3, 0.4) is 0 Å². The Morgan fingerprint density at radius 2 is 2.30 bits per heavy atom. The Morgan fingerprint density at radius 3 is 2.50 bits per heavy atom. The summed E-state index contributed by atoms with van der Waals surface area (Å²) in [7, 11) is 1.63. The number of hydrogen-bond acceptors (Lipinski definition) is 4. The Labute approximate surface area is 58.3 Å². The molecule has 0 bridgehead atoms. The van der Waals surface area contributed by atoms with E-state index in [-0.39, 0.29) is 17.4 Å². The molecule has 5 heteroatoms. The van der Waals surface area contributed by atoms with E-state index >= 15 is 0 Å². The van der Waals surface area contributed by atoms with Crippen molar-refractivity contribution in [3.05, 3.63) is 11.5 Å². The number of carbonyl (C=O) groups is 1. The molecular formula is C5H9N3O2. The van der Waals surface area contributed by atoms with Crippen molar-refractivity contribution in [2.75, 3.05) is 7.05 Å². The van der Waals surface area contributed by atoms with E-state index in [1.54, 1.807) is 7.05 Å². The third-order valence-electron chi connectivity index (χ3n) is 1.23. The monoisotopic (exact) mass is 143 g/mol. The topological polar surface area (TPSA) is 64.6 Å². The second kappa shape index (κ2) is 2.18. The Hall–Kier alpha value is -1.23. The number of likely N-dealkylation sites (N-methyl/N-ethyl adjacent to an activating group) is 1. The van der Waals surface area contributed by atoms with Gasteiger partial charge in [-0.05, 0) is 6.92 Å². The molecule has 1 amide bonds. The summed E-state index contributed by atoms with van der Waals surface area (Å²) in [5.74, 6) is -0.312. The molecule has 1 fully saturated rings. The molecule has 56 valence electrons. The third kappa shape index (κ3) is 0.906. The predicted octanol–water partition coefficient (Wildman–Crippen LogP) is -0.743. The summed E-state index contributed by atoms with van der Waals surface area (Å²) in [6.45, 7) is 1.46. The Balaban J connectivity index is 2.93. The summed E-state index contributed by atoms with van der Waals surface area (Å²) < 4.78 is 0. The first-order chi connectivity index (χ1) is 4.63. The molecule has 1 saturated heterocycles. The molecule has 0 aromatic heterocycles. The van der Waals surface area contributed by atoms with E-state index < -0.39 is 0 Å². The first-order valence-electron chi connectivity index (χ1n) is 2.82. The number of aliphatic hydroxyl groups excluding tert-OH is 1. The summed E-state index contributed by atoms with van der Waals surface area (Å²) >= 11 is 0. The normalized spacial score (nSPS) is 23.0. The van der Waals surface area contributed by atoms with Gasteiger partial charge in [0, 0.05) is 7.05 Å². The lowest BCUT2D eigenvalue weighted by Crippen LogP contribution is -2.32. The molecule has 3 N–H and O–H groups in total. The molecular weight excluding hydrogens is 134 g/mol. The number of nitrogens with zero attached hydrogens (tertiary/aromatic N) is 1. The predicted molar refractivity (Wildman–Crippen MR) is 34.4 cm³/mol. The Bertz CT molecular complexity index is 195. The molecule has 0 aromatic rings. The molecule has 0 saturated carbocycles. The third-order valence-corrected chi connectivity index (χ3v) is 1.23. The number of nitrogens with one attached hydrogen (secondary N) is 2. The number of carbonyl (C=O) groups excluding carboxylic acids is 1. The standard InChI is InChI=1S/C5H9N3O2/c1-3(9)4-5(10)6-7-8(4)2/h7,9H,1-2H3,(H,6,10). The van der Waals surface area contributed by atoms with Gasteiger partial charge in [-0.1, -0.05) is 0 Å². The first-order valence-corrected chi connectivity index (χ1v) is 2.82. The summed E-state index contributed by atoms with van der Waals surface area (Å²) in [6, 6.07) is 0. The van der Waals surface area contributed by atoms with Crippen molar-refractivity contribution in [2.24, 2.45) is 0 Å². The molecule has 1 rings (SSSR count). The van der Waals surface area contributed by atoms with Crippen LogP contribution in [0.4, 0.5) is 0 Å². The van der Waals surface area contributed by atoms with Gasteiger partial charge in [0.05, 0.1) is 0 Å². The van der Waals surface area contributed by atoms with Crippen LogP contribution in [0.15, 0.2) is 11.5 Å². The van der Waals surface area contributed by atoms with Crippen molar-refractivity contribution in [3.8, 4) is 0 Å². The fourth-order valence-corrected chi connectivity index (χ4v) is 0.809. The largest absolute Gasteiger partial charge is 0.510 e. The number of aliphatic hydroxyl groups is 1. The highest BCUT2D eigenvalue weighted by atomic mass is 16.3. The van der Waals surface area contributed by atoms with Crippen molar-refractivity contribution in [3.63, 3.8) is 0 Å². The zero-order valence-corrected chi connectivity index (χ0v) is 5.80. The van der Waals surface area contributed by atoms with Crippen molar-refractivity contribution in [1.29, 1.82) is 0 Å². The number of amides is 1.